The summed E-state index contributed by atoms with van der Waals surface area (Å²) in [6, 6.07) is 11.3. The second kappa shape index (κ2) is 6.20. The van der Waals surface area contributed by atoms with Gasteiger partial charge in [-0.2, -0.15) is 0 Å². The van der Waals surface area contributed by atoms with Gasteiger partial charge in [0.1, 0.15) is 5.82 Å². The highest BCUT2D eigenvalue weighted by atomic mass is 32.1. The van der Waals surface area contributed by atoms with Gasteiger partial charge < -0.3 is 10.3 Å². The van der Waals surface area contributed by atoms with Crippen molar-refractivity contribution in [2.45, 2.75) is 25.8 Å². The Labute approximate surface area is 123 Å². The molecule has 104 valence electrons. The van der Waals surface area contributed by atoms with Crippen LogP contribution in [0.3, 0.4) is 0 Å². The van der Waals surface area contributed by atoms with Crippen molar-refractivity contribution in [2.75, 3.05) is 6.54 Å². The van der Waals surface area contributed by atoms with Crippen molar-refractivity contribution in [2.24, 2.45) is 0 Å². The maximum atomic E-state index is 4.24. The van der Waals surface area contributed by atoms with E-state index >= 15 is 0 Å². The third kappa shape index (κ3) is 3.08. The van der Waals surface area contributed by atoms with Gasteiger partial charge in [0, 0.05) is 34.4 Å². The SMILES string of the molecule is CC(NCCCc1ncc[nH]1)c1cc2ccccc2s1. The molecule has 0 saturated heterocycles. The smallest absolute Gasteiger partial charge is 0.106 e. The highest BCUT2D eigenvalue weighted by molar-refractivity contribution is 7.19. The Kier molecular flexibility index (Phi) is 4.14. The molecule has 0 spiro atoms. The van der Waals surface area contributed by atoms with Crippen molar-refractivity contribution in [1.29, 1.82) is 0 Å². The van der Waals surface area contributed by atoms with E-state index in [4.69, 9.17) is 0 Å². The molecule has 0 amide bonds. The van der Waals surface area contributed by atoms with Crippen molar-refractivity contribution in [3.8, 4) is 0 Å². The van der Waals surface area contributed by atoms with E-state index < -0.39 is 0 Å². The minimum atomic E-state index is 0.406. The lowest BCUT2D eigenvalue weighted by molar-refractivity contribution is 0.561. The lowest BCUT2D eigenvalue weighted by Crippen LogP contribution is -2.19. The molecule has 0 fully saturated rings. The van der Waals surface area contributed by atoms with Crippen LogP contribution >= 0.6 is 11.3 Å². The number of imidazole rings is 1. The van der Waals surface area contributed by atoms with Crippen molar-refractivity contribution >= 4 is 21.4 Å². The lowest BCUT2D eigenvalue weighted by Gasteiger charge is -2.11. The van der Waals surface area contributed by atoms with Crippen LogP contribution in [0.25, 0.3) is 10.1 Å². The number of H-pyrrole nitrogens is 1. The van der Waals surface area contributed by atoms with Gasteiger partial charge in [-0.05, 0) is 37.4 Å². The highest BCUT2D eigenvalue weighted by Crippen LogP contribution is 2.29. The Morgan fingerprint density at radius 2 is 2.25 bits per heavy atom. The van der Waals surface area contributed by atoms with E-state index in [1.54, 1.807) is 0 Å². The molecule has 0 bridgehead atoms. The number of thiophene rings is 1. The average molecular weight is 285 g/mol. The van der Waals surface area contributed by atoms with Crippen LogP contribution in [0.1, 0.15) is 30.1 Å². The van der Waals surface area contributed by atoms with Gasteiger partial charge in [0.15, 0.2) is 0 Å². The van der Waals surface area contributed by atoms with E-state index in [-0.39, 0.29) is 0 Å². The van der Waals surface area contributed by atoms with Gasteiger partial charge in [0.05, 0.1) is 0 Å². The summed E-state index contributed by atoms with van der Waals surface area (Å²) in [5.41, 5.74) is 0. The highest BCUT2D eigenvalue weighted by Gasteiger charge is 2.08. The molecular formula is C16H19N3S. The lowest BCUT2D eigenvalue weighted by atomic mass is 10.2. The molecule has 0 saturated carbocycles. The number of aryl methyl sites for hydroxylation is 1. The number of aromatic amines is 1. The van der Waals surface area contributed by atoms with E-state index in [0.29, 0.717) is 6.04 Å². The van der Waals surface area contributed by atoms with Gasteiger partial charge in [-0.25, -0.2) is 4.98 Å². The Balaban J connectivity index is 1.52. The number of hydrogen-bond acceptors (Lipinski definition) is 3. The summed E-state index contributed by atoms with van der Waals surface area (Å²) in [5, 5.41) is 4.94. The fourth-order valence-corrected chi connectivity index (χ4v) is 3.42. The normalized spacial score (nSPS) is 12.8. The third-order valence-electron chi connectivity index (χ3n) is 3.47. The minimum Gasteiger partial charge on any atom is -0.349 e. The van der Waals surface area contributed by atoms with Crippen molar-refractivity contribution in [3.63, 3.8) is 0 Å². The second-order valence-corrected chi connectivity index (χ2v) is 6.12. The van der Waals surface area contributed by atoms with Crippen LogP contribution in [0.5, 0.6) is 0 Å². The molecule has 0 aliphatic rings. The summed E-state index contributed by atoms with van der Waals surface area (Å²) in [6.45, 7) is 3.24. The van der Waals surface area contributed by atoms with Crippen LogP contribution in [0, 0.1) is 0 Å². The molecule has 20 heavy (non-hydrogen) atoms. The van der Waals surface area contributed by atoms with Gasteiger partial charge in [0.2, 0.25) is 0 Å². The van der Waals surface area contributed by atoms with E-state index in [0.717, 1.165) is 25.2 Å². The molecular weight excluding hydrogens is 266 g/mol. The summed E-state index contributed by atoms with van der Waals surface area (Å²) in [7, 11) is 0. The van der Waals surface area contributed by atoms with Gasteiger partial charge >= 0.3 is 0 Å². The first-order valence-electron chi connectivity index (χ1n) is 7.03. The molecule has 3 nitrogen and oxygen atoms in total. The summed E-state index contributed by atoms with van der Waals surface area (Å²) < 4.78 is 1.37. The predicted molar refractivity (Wildman–Crippen MR) is 85.2 cm³/mol. The molecule has 0 aliphatic heterocycles. The summed E-state index contributed by atoms with van der Waals surface area (Å²) in [6.07, 6.45) is 5.78. The molecule has 2 N–H and O–H groups in total. The number of nitrogens with zero attached hydrogens (tertiary/aromatic N) is 1. The van der Waals surface area contributed by atoms with Crippen LogP contribution in [0.2, 0.25) is 0 Å². The van der Waals surface area contributed by atoms with Crippen molar-refractivity contribution in [1.82, 2.24) is 15.3 Å². The molecule has 2 aromatic heterocycles. The molecule has 4 heteroatoms. The summed E-state index contributed by atoms with van der Waals surface area (Å²) in [4.78, 5) is 8.78. The zero-order chi connectivity index (χ0) is 13.8. The average Bonchev–Trinajstić information content (AvgIpc) is 3.12. The fourth-order valence-electron chi connectivity index (χ4n) is 2.33. The molecule has 1 aromatic carbocycles. The van der Waals surface area contributed by atoms with Crippen LogP contribution in [-0.2, 0) is 6.42 Å². The Morgan fingerprint density at radius 1 is 1.35 bits per heavy atom. The zero-order valence-corrected chi connectivity index (χ0v) is 12.4. The molecule has 0 aliphatic carbocycles. The van der Waals surface area contributed by atoms with E-state index in [2.05, 4.69) is 52.5 Å². The van der Waals surface area contributed by atoms with E-state index in [1.807, 2.05) is 23.7 Å². The molecule has 2 heterocycles. The first kappa shape index (κ1) is 13.3. The van der Waals surface area contributed by atoms with Crippen LogP contribution in [0.15, 0.2) is 42.7 Å². The van der Waals surface area contributed by atoms with Gasteiger partial charge in [-0.1, -0.05) is 18.2 Å². The summed E-state index contributed by atoms with van der Waals surface area (Å²) >= 11 is 1.88. The maximum absolute atomic E-state index is 4.24. The second-order valence-electron chi connectivity index (χ2n) is 5.00. The zero-order valence-electron chi connectivity index (χ0n) is 11.6. The van der Waals surface area contributed by atoms with Crippen molar-refractivity contribution < 1.29 is 0 Å². The van der Waals surface area contributed by atoms with Crippen LogP contribution in [0.4, 0.5) is 0 Å². The maximum Gasteiger partial charge on any atom is 0.106 e. The Morgan fingerprint density at radius 3 is 3.05 bits per heavy atom. The van der Waals surface area contributed by atoms with Gasteiger partial charge in [-0.15, -0.1) is 11.3 Å². The minimum absolute atomic E-state index is 0.406. The molecule has 3 aromatic rings. The van der Waals surface area contributed by atoms with Gasteiger partial charge in [0.25, 0.3) is 0 Å². The number of fused-ring (bicyclic) bond motifs is 1. The largest absolute Gasteiger partial charge is 0.349 e. The van der Waals surface area contributed by atoms with Gasteiger partial charge in [-0.3, -0.25) is 0 Å². The van der Waals surface area contributed by atoms with Crippen LogP contribution in [-0.4, -0.2) is 16.5 Å². The quantitative estimate of drug-likeness (QED) is 0.674. The Bertz CT molecular complexity index is 624. The molecule has 1 atom stereocenters. The van der Waals surface area contributed by atoms with Crippen LogP contribution < -0.4 is 5.32 Å². The number of aromatic nitrogens is 2. The topological polar surface area (TPSA) is 40.7 Å². The molecule has 0 radical (unpaired) electrons. The number of rotatable bonds is 6. The van der Waals surface area contributed by atoms with Crippen molar-refractivity contribution in [3.05, 3.63) is 53.4 Å². The number of nitrogens with one attached hydrogen (secondary N) is 2. The fraction of sp³-hybridized carbons (Fsp3) is 0.312. The molecule has 3 rings (SSSR count). The van der Waals surface area contributed by atoms with E-state index in [1.165, 1.54) is 15.0 Å². The third-order valence-corrected chi connectivity index (χ3v) is 4.77. The Hall–Kier alpha value is -1.65. The predicted octanol–water partition coefficient (Wildman–Crippen LogP) is 3.91. The summed E-state index contributed by atoms with van der Waals surface area (Å²) in [5.74, 6) is 1.07. The number of hydrogen-bond donors (Lipinski definition) is 2. The monoisotopic (exact) mass is 285 g/mol. The van der Waals surface area contributed by atoms with E-state index in [9.17, 15) is 0 Å². The first-order chi connectivity index (χ1) is 9.83. The first-order valence-corrected chi connectivity index (χ1v) is 7.85. The standard InChI is InChI=1S/C16H19N3S/c1-12(17-8-4-7-16-18-9-10-19-16)15-11-13-5-2-3-6-14(13)20-15/h2-3,5-6,9-12,17H,4,7-8H2,1H3,(H,18,19). The number of benzene rings is 1. The molecule has 1 unspecified atom stereocenters.